The normalized spacial score (nSPS) is 18.4. The van der Waals surface area contributed by atoms with Gasteiger partial charge in [0.2, 0.25) is 5.95 Å². The van der Waals surface area contributed by atoms with Crippen LogP contribution in [0.4, 0.5) is 5.95 Å². The summed E-state index contributed by atoms with van der Waals surface area (Å²) in [5, 5.41) is 0. The van der Waals surface area contributed by atoms with Crippen LogP contribution in [0.5, 0.6) is 0 Å². The van der Waals surface area contributed by atoms with Crippen molar-refractivity contribution in [2.75, 3.05) is 17.8 Å². The summed E-state index contributed by atoms with van der Waals surface area (Å²) in [7, 11) is -3.52. The summed E-state index contributed by atoms with van der Waals surface area (Å²) in [5.41, 5.74) is 1.56. The Morgan fingerprint density at radius 2 is 2.00 bits per heavy atom. The standard InChI is InChI=1S/C13H18N4O2S/c1-10-6-8-17(9-7-10)20(18,19)16-13-14-11-4-2-3-5-12(11)15-13/h2-5,10H,6-9H2,1H3,(H2,14,15,16). The Morgan fingerprint density at radius 1 is 1.30 bits per heavy atom. The maximum atomic E-state index is 12.3. The van der Waals surface area contributed by atoms with Gasteiger partial charge in [-0.3, -0.25) is 0 Å². The number of aromatic nitrogens is 2. The lowest BCUT2D eigenvalue weighted by molar-refractivity contribution is 0.289. The number of nitrogens with zero attached hydrogens (tertiary/aromatic N) is 2. The van der Waals surface area contributed by atoms with E-state index >= 15 is 0 Å². The lowest BCUT2D eigenvalue weighted by Gasteiger charge is -2.29. The first-order valence-corrected chi connectivity index (χ1v) is 8.21. The highest BCUT2D eigenvalue weighted by molar-refractivity contribution is 7.90. The number of para-hydroxylation sites is 2. The van der Waals surface area contributed by atoms with Crippen LogP contribution >= 0.6 is 0 Å². The van der Waals surface area contributed by atoms with Crippen molar-refractivity contribution in [2.24, 2.45) is 5.92 Å². The molecule has 0 spiro atoms. The van der Waals surface area contributed by atoms with Crippen LogP contribution in [0.2, 0.25) is 0 Å². The second kappa shape index (κ2) is 5.06. The number of piperidine rings is 1. The van der Waals surface area contributed by atoms with Gasteiger partial charge in [-0.15, -0.1) is 0 Å². The van der Waals surface area contributed by atoms with E-state index in [0.29, 0.717) is 19.0 Å². The van der Waals surface area contributed by atoms with E-state index in [1.807, 2.05) is 24.3 Å². The van der Waals surface area contributed by atoms with Crippen LogP contribution in [0, 0.1) is 5.92 Å². The number of H-pyrrole nitrogens is 1. The summed E-state index contributed by atoms with van der Waals surface area (Å²) < 4.78 is 28.6. The van der Waals surface area contributed by atoms with Crippen molar-refractivity contribution in [3.8, 4) is 0 Å². The fourth-order valence-corrected chi connectivity index (χ4v) is 3.57. The number of imidazole rings is 1. The largest absolute Gasteiger partial charge is 0.323 e. The molecule has 1 aliphatic rings. The first-order chi connectivity index (χ1) is 9.54. The maximum Gasteiger partial charge on any atom is 0.303 e. The molecule has 0 unspecified atom stereocenters. The van der Waals surface area contributed by atoms with Gasteiger partial charge in [-0.1, -0.05) is 19.1 Å². The van der Waals surface area contributed by atoms with E-state index < -0.39 is 10.2 Å². The highest BCUT2D eigenvalue weighted by atomic mass is 32.2. The lowest BCUT2D eigenvalue weighted by atomic mass is 10.0. The molecular weight excluding hydrogens is 276 g/mol. The zero-order valence-electron chi connectivity index (χ0n) is 11.3. The summed E-state index contributed by atoms with van der Waals surface area (Å²) in [6.07, 6.45) is 1.81. The highest BCUT2D eigenvalue weighted by Crippen LogP contribution is 2.20. The summed E-state index contributed by atoms with van der Waals surface area (Å²) in [4.78, 5) is 7.21. The average molecular weight is 294 g/mol. The van der Waals surface area contributed by atoms with E-state index in [0.717, 1.165) is 23.9 Å². The molecule has 2 aromatic rings. The number of anilines is 1. The van der Waals surface area contributed by atoms with Crippen molar-refractivity contribution >= 4 is 27.2 Å². The molecule has 6 nitrogen and oxygen atoms in total. The Kier molecular flexibility index (Phi) is 3.39. The molecule has 2 heterocycles. The topological polar surface area (TPSA) is 78.1 Å². The Bertz CT molecular complexity index is 669. The number of hydrogen-bond acceptors (Lipinski definition) is 3. The molecule has 108 valence electrons. The monoisotopic (exact) mass is 294 g/mol. The zero-order chi connectivity index (χ0) is 14.2. The minimum absolute atomic E-state index is 0.268. The molecule has 0 bridgehead atoms. The van der Waals surface area contributed by atoms with E-state index in [1.165, 1.54) is 4.31 Å². The first-order valence-electron chi connectivity index (χ1n) is 6.77. The third-order valence-corrected chi connectivity index (χ3v) is 5.19. The molecule has 20 heavy (non-hydrogen) atoms. The van der Waals surface area contributed by atoms with E-state index in [9.17, 15) is 8.42 Å². The van der Waals surface area contributed by atoms with Gasteiger partial charge in [0, 0.05) is 13.1 Å². The summed E-state index contributed by atoms with van der Waals surface area (Å²) >= 11 is 0. The van der Waals surface area contributed by atoms with E-state index in [2.05, 4.69) is 21.6 Å². The number of rotatable bonds is 3. The predicted octanol–water partition coefficient (Wildman–Crippen LogP) is 1.95. The number of fused-ring (bicyclic) bond motifs is 1. The molecule has 0 amide bonds. The Balaban J connectivity index is 1.78. The Morgan fingerprint density at radius 3 is 2.70 bits per heavy atom. The van der Waals surface area contributed by atoms with Crippen molar-refractivity contribution in [1.82, 2.24) is 14.3 Å². The molecule has 1 saturated heterocycles. The number of hydrogen-bond donors (Lipinski definition) is 2. The van der Waals surface area contributed by atoms with E-state index in [1.54, 1.807) is 0 Å². The minimum Gasteiger partial charge on any atom is -0.323 e. The molecular formula is C13H18N4O2S. The summed E-state index contributed by atoms with van der Waals surface area (Å²) in [6, 6.07) is 7.45. The molecule has 1 aliphatic heterocycles. The van der Waals surface area contributed by atoms with Gasteiger partial charge in [0.05, 0.1) is 11.0 Å². The number of nitrogens with one attached hydrogen (secondary N) is 2. The van der Waals surface area contributed by atoms with Gasteiger partial charge < -0.3 is 4.98 Å². The first kappa shape index (κ1) is 13.4. The van der Waals surface area contributed by atoms with Crippen LogP contribution in [-0.2, 0) is 10.2 Å². The SMILES string of the molecule is CC1CCN(S(=O)(=O)Nc2nc3ccccc3[nH]2)CC1. The van der Waals surface area contributed by atoms with E-state index in [4.69, 9.17) is 0 Å². The number of benzene rings is 1. The van der Waals surface area contributed by atoms with Crippen LogP contribution in [0.1, 0.15) is 19.8 Å². The molecule has 3 rings (SSSR count). The molecule has 1 aromatic carbocycles. The van der Waals surface area contributed by atoms with Gasteiger partial charge in [-0.25, -0.2) is 9.71 Å². The molecule has 7 heteroatoms. The minimum atomic E-state index is -3.52. The van der Waals surface area contributed by atoms with Gasteiger partial charge >= 0.3 is 10.2 Å². The van der Waals surface area contributed by atoms with Crippen molar-refractivity contribution in [2.45, 2.75) is 19.8 Å². The summed E-state index contributed by atoms with van der Waals surface area (Å²) in [6.45, 7) is 3.28. The van der Waals surface area contributed by atoms with Crippen molar-refractivity contribution < 1.29 is 8.42 Å². The smallest absolute Gasteiger partial charge is 0.303 e. The van der Waals surface area contributed by atoms with Crippen molar-refractivity contribution in [1.29, 1.82) is 0 Å². The molecule has 1 fully saturated rings. The molecule has 1 aromatic heterocycles. The zero-order valence-corrected chi connectivity index (χ0v) is 12.2. The Labute approximate surface area is 118 Å². The third kappa shape index (κ3) is 2.64. The second-order valence-electron chi connectivity index (χ2n) is 5.29. The van der Waals surface area contributed by atoms with Crippen LogP contribution in [0.15, 0.2) is 24.3 Å². The van der Waals surface area contributed by atoms with Crippen LogP contribution in [0.25, 0.3) is 11.0 Å². The molecule has 0 saturated carbocycles. The highest BCUT2D eigenvalue weighted by Gasteiger charge is 2.27. The quantitative estimate of drug-likeness (QED) is 0.908. The molecule has 0 aliphatic carbocycles. The molecule has 0 atom stereocenters. The fraction of sp³-hybridized carbons (Fsp3) is 0.462. The lowest BCUT2D eigenvalue weighted by Crippen LogP contribution is -2.41. The van der Waals surface area contributed by atoms with Crippen LogP contribution < -0.4 is 4.72 Å². The fourth-order valence-electron chi connectivity index (χ4n) is 2.41. The average Bonchev–Trinajstić information content (AvgIpc) is 2.80. The van der Waals surface area contributed by atoms with Gasteiger partial charge in [0.1, 0.15) is 0 Å². The van der Waals surface area contributed by atoms with Crippen LogP contribution in [0.3, 0.4) is 0 Å². The molecule has 0 radical (unpaired) electrons. The summed E-state index contributed by atoms with van der Waals surface area (Å²) in [5.74, 6) is 0.859. The van der Waals surface area contributed by atoms with Crippen molar-refractivity contribution in [3.05, 3.63) is 24.3 Å². The van der Waals surface area contributed by atoms with E-state index in [-0.39, 0.29) is 5.95 Å². The third-order valence-electron chi connectivity index (χ3n) is 3.70. The second-order valence-corrected chi connectivity index (χ2v) is 6.96. The van der Waals surface area contributed by atoms with Gasteiger partial charge in [0.15, 0.2) is 0 Å². The Hall–Kier alpha value is -1.60. The van der Waals surface area contributed by atoms with Gasteiger partial charge in [0.25, 0.3) is 0 Å². The molecule has 2 N–H and O–H groups in total. The predicted molar refractivity (Wildman–Crippen MR) is 78.6 cm³/mol. The van der Waals surface area contributed by atoms with Crippen LogP contribution in [-0.4, -0.2) is 35.8 Å². The maximum absolute atomic E-state index is 12.3. The van der Waals surface area contributed by atoms with Gasteiger partial charge in [-0.2, -0.15) is 12.7 Å². The number of aromatic amines is 1. The van der Waals surface area contributed by atoms with Gasteiger partial charge in [-0.05, 0) is 30.9 Å². The van der Waals surface area contributed by atoms with Crippen molar-refractivity contribution in [3.63, 3.8) is 0 Å².